The molecular weight excluding hydrogens is 399 g/mol. The number of imidazole rings is 1. The van der Waals surface area contributed by atoms with Crippen molar-refractivity contribution in [2.24, 2.45) is 0 Å². The lowest BCUT2D eigenvalue weighted by molar-refractivity contribution is 0.0648. The summed E-state index contributed by atoms with van der Waals surface area (Å²) in [4.78, 5) is 22.8. The number of aromatic amines is 1. The van der Waals surface area contributed by atoms with E-state index in [4.69, 9.17) is 9.26 Å². The lowest BCUT2D eigenvalue weighted by atomic mass is 9.95. The van der Waals surface area contributed by atoms with Gasteiger partial charge in [0.25, 0.3) is 5.91 Å². The van der Waals surface area contributed by atoms with Crippen molar-refractivity contribution in [3.63, 3.8) is 0 Å². The monoisotopic (exact) mass is 418 g/mol. The highest BCUT2D eigenvalue weighted by atomic mass is 19.1. The molecule has 0 radical (unpaired) electrons. The molecule has 156 valence electrons. The van der Waals surface area contributed by atoms with Crippen LogP contribution in [-0.4, -0.2) is 39.6 Å². The summed E-state index contributed by atoms with van der Waals surface area (Å²) in [5.74, 6) is 0.236. The van der Waals surface area contributed by atoms with Crippen molar-refractivity contribution in [1.82, 2.24) is 20.0 Å². The number of carbonyl (C=O) groups is 1. The number of ether oxygens (including phenoxy) is 1. The first-order chi connectivity index (χ1) is 15.1. The fourth-order valence-corrected chi connectivity index (χ4v) is 3.89. The molecule has 0 fully saturated rings. The molecule has 4 aromatic rings. The molecule has 2 aromatic carbocycles. The van der Waals surface area contributed by atoms with Crippen molar-refractivity contribution in [3.05, 3.63) is 89.5 Å². The van der Waals surface area contributed by atoms with Crippen molar-refractivity contribution < 1.29 is 18.4 Å². The molecule has 1 aliphatic rings. The van der Waals surface area contributed by atoms with E-state index in [9.17, 15) is 9.18 Å². The van der Waals surface area contributed by atoms with Gasteiger partial charge in [-0.1, -0.05) is 17.3 Å². The number of benzene rings is 2. The van der Waals surface area contributed by atoms with Crippen LogP contribution in [0.4, 0.5) is 4.39 Å². The zero-order valence-electron chi connectivity index (χ0n) is 16.7. The largest absolute Gasteiger partial charge is 0.497 e. The van der Waals surface area contributed by atoms with Gasteiger partial charge in [-0.05, 0) is 42.0 Å². The Labute approximate surface area is 177 Å². The van der Waals surface area contributed by atoms with E-state index in [-0.39, 0.29) is 23.5 Å². The normalized spacial score (nSPS) is 15.5. The second-order valence-electron chi connectivity index (χ2n) is 7.27. The van der Waals surface area contributed by atoms with Crippen LogP contribution in [-0.2, 0) is 6.42 Å². The lowest BCUT2D eigenvalue weighted by Gasteiger charge is -2.34. The molecule has 5 rings (SSSR count). The van der Waals surface area contributed by atoms with E-state index in [1.807, 2.05) is 24.3 Å². The summed E-state index contributed by atoms with van der Waals surface area (Å²) in [5, 5.41) is 4.00. The van der Waals surface area contributed by atoms with Gasteiger partial charge in [0.15, 0.2) is 0 Å². The summed E-state index contributed by atoms with van der Waals surface area (Å²) in [7, 11) is 1.61. The Morgan fingerprint density at radius 2 is 1.97 bits per heavy atom. The van der Waals surface area contributed by atoms with Gasteiger partial charge in [0.2, 0.25) is 5.76 Å². The molecule has 31 heavy (non-hydrogen) atoms. The number of nitrogens with one attached hydrogen (secondary N) is 1. The van der Waals surface area contributed by atoms with Crippen LogP contribution in [0.3, 0.4) is 0 Å². The molecular formula is C23H19FN4O3. The van der Waals surface area contributed by atoms with Gasteiger partial charge >= 0.3 is 0 Å². The second-order valence-corrected chi connectivity index (χ2v) is 7.27. The first-order valence-electron chi connectivity index (χ1n) is 9.84. The topological polar surface area (TPSA) is 84.2 Å². The predicted octanol–water partition coefficient (Wildman–Crippen LogP) is 4.00. The molecule has 1 atom stereocenters. The Bertz CT molecular complexity index is 1210. The van der Waals surface area contributed by atoms with E-state index in [0.29, 0.717) is 24.2 Å². The third-order valence-electron chi connectivity index (χ3n) is 5.48. The van der Waals surface area contributed by atoms with Crippen molar-refractivity contribution in [2.75, 3.05) is 13.7 Å². The molecule has 3 heterocycles. The van der Waals surface area contributed by atoms with Crippen LogP contribution in [0.15, 0.2) is 65.4 Å². The van der Waals surface area contributed by atoms with Crippen LogP contribution in [0.1, 0.15) is 33.5 Å². The number of amides is 1. The third kappa shape index (κ3) is 3.46. The van der Waals surface area contributed by atoms with Crippen molar-refractivity contribution in [3.8, 4) is 17.0 Å². The number of hydrogen-bond acceptors (Lipinski definition) is 5. The van der Waals surface area contributed by atoms with Crippen molar-refractivity contribution >= 4 is 5.91 Å². The number of hydrogen-bond donors (Lipinski definition) is 1. The van der Waals surface area contributed by atoms with Crippen molar-refractivity contribution in [1.29, 1.82) is 0 Å². The van der Waals surface area contributed by atoms with Gasteiger partial charge in [-0.3, -0.25) is 4.79 Å². The maximum absolute atomic E-state index is 13.4. The van der Waals surface area contributed by atoms with E-state index in [1.54, 1.807) is 36.5 Å². The first-order valence-corrected chi connectivity index (χ1v) is 9.84. The third-order valence-corrected chi connectivity index (χ3v) is 5.48. The van der Waals surface area contributed by atoms with Gasteiger partial charge in [-0.2, -0.15) is 0 Å². The zero-order chi connectivity index (χ0) is 21.4. The summed E-state index contributed by atoms with van der Waals surface area (Å²) in [5.41, 5.74) is 3.88. The number of nitrogens with zero attached hydrogens (tertiary/aromatic N) is 3. The Hall–Kier alpha value is -3.94. The van der Waals surface area contributed by atoms with E-state index in [1.165, 1.54) is 12.1 Å². The lowest BCUT2D eigenvalue weighted by Crippen LogP contribution is -2.40. The number of carbonyl (C=O) groups excluding carboxylic acids is 1. The summed E-state index contributed by atoms with van der Waals surface area (Å²) < 4.78 is 23.8. The maximum atomic E-state index is 13.4. The number of halogens is 1. The maximum Gasteiger partial charge on any atom is 0.293 e. The Morgan fingerprint density at radius 3 is 2.71 bits per heavy atom. The Morgan fingerprint density at radius 1 is 1.19 bits per heavy atom. The average Bonchev–Trinajstić information content (AvgIpc) is 3.48. The van der Waals surface area contributed by atoms with Gasteiger partial charge in [0.1, 0.15) is 23.3 Å². The fraction of sp³-hybridized carbons (Fsp3) is 0.174. The molecule has 1 aliphatic heterocycles. The SMILES string of the molecule is COc1ccc(C2c3nc[nH]c3CCN2C(=O)c2cc(-c3ccc(F)cc3)no2)cc1. The van der Waals surface area contributed by atoms with Crippen molar-refractivity contribution in [2.45, 2.75) is 12.5 Å². The molecule has 0 aliphatic carbocycles. The first kappa shape index (κ1) is 19.0. The number of methoxy groups -OCH3 is 1. The van der Waals surface area contributed by atoms with Gasteiger partial charge in [-0.15, -0.1) is 0 Å². The average molecular weight is 418 g/mol. The molecule has 1 amide bonds. The minimum Gasteiger partial charge on any atom is -0.497 e. The molecule has 0 saturated carbocycles. The molecule has 0 saturated heterocycles. The number of aromatic nitrogens is 3. The molecule has 0 spiro atoms. The summed E-state index contributed by atoms with van der Waals surface area (Å²) >= 11 is 0. The van der Waals surface area contributed by atoms with E-state index in [2.05, 4.69) is 15.1 Å². The minimum atomic E-state index is -0.368. The zero-order valence-corrected chi connectivity index (χ0v) is 16.7. The van der Waals surface area contributed by atoms with Crippen LogP contribution in [0.25, 0.3) is 11.3 Å². The fourth-order valence-electron chi connectivity index (χ4n) is 3.89. The number of fused-ring (bicyclic) bond motifs is 1. The van der Waals surface area contributed by atoms with Gasteiger partial charge in [0, 0.05) is 30.3 Å². The highest BCUT2D eigenvalue weighted by Gasteiger charge is 2.36. The molecule has 0 bridgehead atoms. The van der Waals surface area contributed by atoms with Crippen LogP contribution in [0.2, 0.25) is 0 Å². The number of H-pyrrole nitrogens is 1. The van der Waals surface area contributed by atoms with Gasteiger partial charge < -0.3 is 19.1 Å². The van der Waals surface area contributed by atoms with Crippen LogP contribution in [0.5, 0.6) is 5.75 Å². The highest BCUT2D eigenvalue weighted by Crippen LogP contribution is 2.35. The van der Waals surface area contributed by atoms with Gasteiger partial charge in [-0.25, -0.2) is 9.37 Å². The van der Waals surface area contributed by atoms with E-state index in [0.717, 1.165) is 22.7 Å². The molecule has 1 N–H and O–H groups in total. The summed E-state index contributed by atoms with van der Waals surface area (Å²) in [6, 6.07) is 14.7. The molecule has 2 aromatic heterocycles. The van der Waals surface area contributed by atoms with E-state index < -0.39 is 0 Å². The standard InChI is InChI=1S/C23H19FN4O3/c1-30-17-8-4-15(5-9-17)22-21-18(25-13-26-21)10-11-28(22)23(29)20-12-19(27-31-20)14-2-6-16(24)7-3-14/h2-9,12-13,22H,10-11H2,1H3,(H,25,26). The minimum absolute atomic E-state index is 0.122. The number of rotatable bonds is 4. The van der Waals surface area contributed by atoms with Crippen LogP contribution < -0.4 is 4.74 Å². The predicted molar refractivity (Wildman–Crippen MR) is 110 cm³/mol. The Balaban J connectivity index is 1.49. The van der Waals surface area contributed by atoms with Gasteiger partial charge in [0.05, 0.1) is 19.1 Å². The van der Waals surface area contributed by atoms with Crippen LogP contribution >= 0.6 is 0 Å². The second kappa shape index (κ2) is 7.71. The quantitative estimate of drug-likeness (QED) is 0.542. The molecule has 7 nitrogen and oxygen atoms in total. The summed E-state index contributed by atoms with van der Waals surface area (Å²) in [6.07, 6.45) is 2.31. The highest BCUT2D eigenvalue weighted by molar-refractivity contribution is 5.93. The Kier molecular flexibility index (Phi) is 4.74. The van der Waals surface area contributed by atoms with E-state index >= 15 is 0 Å². The molecule has 8 heteroatoms. The smallest absolute Gasteiger partial charge is 0.293 e. The molecule has 1 unspecified atom stereocenters. The van der Waals surface area contributed by atoms with Crippen LogP contribution in [0, 0.1) is 5.82 Å². The summed E-state index contributed by atoms with van der Waals surface area (Å²) in [6.45, 7) is 0.497.